The SMILES string of the molecule is C=CC(=O)OC(CSCCC(=O)OCCC(F)(F)C(F)(F)C(F)(F)C(F)(F)F)C(CSCCC(=O)OCCC(F)(F)C(F)(F)C(F)(F)C(F)(F)F)OC(=O)C=C. The lowest BCUT2D eigenvalue weighted by atomic mass is 10.0. The van der Waals surface area contributed by atoms with Gasteiger partial charge in [0.1, 0.15) is 12.2 Å². The summed E-state index contributed by atoms with van der Waals surface area (Å²) in [4.78, 5) is 47.4. The summed E-state index contributed by atoms with van der Waals surface area (Å²) < 4.78 is 251. The minimum Gasteiger partial charge on any atom is -0.465 e. The number of carbonyl (C=O) groups is 4. The predicted molar refractivity (Wildman–Crippen MR) is 157 cm³/mol. The van der Waals surface area contributed by atoms with Crippen LogP contribution in [0.1, 0.15) is 25.7 Å². The third kappa shape index (κ3) is 14.0. The molecule has 0 aromatic rings. The van der Waals surface area contributed by atoms with Crippen molar-refractivity contribution in [2.24, 2.45) is 0 Å². The molecule has 0 radical (unpaired) electrons. The van der Waals surface area contributed by atoms with Gasteiger partial charge in [-0.05, 0) is 0 Å². The van der Waals surface area contributed by atoms with Crippen LogP contribution in [0, 0.1) is 0 Å². The minimum absolute atomic E-state index is 0.375. The molecule has 0 aliphatic carbocycles. The summed E-state index contributed by atoms with van der Waals surface area (Å²) in [5.41, 5.74) is 0. The van der Waals surface area contributed by atoms with Crippen molar-refractivity contribution in [2.75, 3.05) is 36.2 Å². The van der Waals surface area contributed by atoms with E-state index in [1.807, 2.05) is 0 Å². The van der Waals surface area contributed by atoms with E-state index in [2.05, 4.69) is 22.6 Å². The third-order valence-corrected chi connectivity index (χ3v) is 8.64. The topological polar surface area (TPSA) is 105 Å². The van der Waals surface area contributed by atoms with Crippen LogP contribution in [-0.4, -0.2) is 120 Å². The number of esters is 4. The van der Waals surface area contributed by atoms with E-state index in [0.29, 0.717) is 35.7 Å². The highest BCUT2D eigenvalue weighted by molar-refractivity contribution is 7.99. The van der Waals surface area contributed by atoms with E-state index in [4.69, 9.17) is 9.47 Å². The van der Waals surface area contributed by atoms with Gasteiger partial charge in [0.15, 0.2) is 0 Å². The molecule has 0 aromatic heterocycles. The summed E-state index contributed by atoms with van der Waals surface area (Å²) in [5.74, 6) is -46.8. The number of ether oxygens (including phenoxy) is 4. The lowest BCUT2D eigenvalue weighted by Gasteiger charge is -2.33. The molecule has 0 saturated carbocycles. The van der Waals surface area contributed by atoms with Gasteiger partial charge in [0.05, 0.1) is 38.9 Å². The molecular weight excluding hydrogens is 870 g/mol. The lowest BCUT2D eigenvalue weighted by Crippen LogP contribution is -2.61. The number of alkyl halides is 18. The molecule has 56 heavy (non-hydrogen) atoms. The molecule has 2 atom stereocenters. The Labute approximate surface area is 312 Å². The molecule has 0 N–H and O–H groups in total. The summed E-state index contributed by atoms with van der Waals surface area (Å²) in [7, 11) is 0. The maximum atomic E-state index is 13.6. The Morgan fingerprint density at radius 3 is 1.04 bits per heavy atom. The van der Waals surface area contributed by atoms with Gasteiger partial charge in [-0.25, -0.2) is 9.59 Å². The highest BCUT2D eigenvalue weighted by atomic mass is 32.2. The molecule has 28 heteroatoms. The lowest BCUT2D eigenvalue weighted by molar-refractivity contribution is -0.397. The molecule has 0 saturated heterocycles. The van der Waals surface area contributed by atoms with Gasteiger partial charge in [-0.2, -0.15) is 103 Å². The summed E-state index contributed by atoms with van der Waals surface area (Å²) in [6.07, 6.45) is -22.2. The normalized spacial score (nSPS) is 14.7. The summed E-state index contributed by atoms with van der Waals surface area (Å²) in [6, 6.07) is 0. The zero-order valence-corrected chi connectivity index (χ0v) is 29.3. The maximum Gasteiger partial charge on any atom is 0.460 e. The van der Waals surface area contributed by atoms with Gasteiger partial charge in [0.2, 0.25) is 0 Å². The average Bonchev–Trinajstić information content (AvgIpc) is 3.05. The number of carbonyl (C=O) groups excluding carboxylic acids is 4. The van der Waals surface area contributed by atoms with E-state index in [1.54, 1.807) is 0 Å². The van der Waals surface area contributed by atoms with E-state index in [9.17, 15) is 98.2 Å². The van der Waals surface area contributed by atoms with Crippen molar-refractivity contribution in [1.82, 2.24) is 0 Å². The molecule has 0 amide bonds. The summed E-state index contributed by atoms with van der Waals surface area (Å²) in [5, 5.41) is 0. The smallest absolute Gasteiger partial charge is 0.460 e. The van der Waals surface area contributed by atoms with Gasteiger partial charge in [0, 0.05) is 35.2 Å². The molecule has 326 valence electrons. The van der Waals surface area contributed by atoms with Crippen LogP contribution in [0.2, 0.25) is 0 Å². The zero-order valence-electron chi connectivity index (χ0n) is 27.7. The number of rotatable bonds is 25. The van der Waals surface area contributed by atoms with Crippen molar-refractivity contribution in [1.29, 1.82) is 0 Å². The Balaban J connectivity index is 5.26. The number of hydrogen-bond acceptors (Lipinski definition) is 10. The van der Waals surface area contributed by atoms with Gasteiger partial charge >= 0.3 is 71.8 Å². The van der Waals surface area contributed by atoms with Crippen molar-refractivity contribution >= 4 is 47.4 Å². The molecule has 0 heterocycles. The fraction of sp³-hybridized carbons (Fsp3) is 0.714. The van der Waals surface area contributed by atoms with Crippen LogP contribution in [0.15, 0.2) is 25.3 Å². The Bertz CT molecular complexity index is 1260. The van der Waals surface area contributed by atoms with E-state index < -0.39 is 134 Å². The Morgan fingerprint density at radius 2 is 0.786 bits per heavy atom. The Hall–Kier alpha value is -3.20. The molecule has 0 fully saturated rings. The van der Waals surface area contributed by atoms with Crippen LogP contribution in [0.5, 0.6) is 0 Å². The molecule has 2 unspecified atom stereocenters. The quantitative estimate of drug-likeness (QED) is 0.0293. The van der Waals surface area contributed by atoms with Crippen molar-refractivity contribution in [3.05, 3.63) is 25.3 Å². The third-order valence-electron chi connectivity index (χ3n) is 6.53. The molecule has 0 aliphatic heterocycles. The fourth-order valence-corrected chi connectivity index (χ4v) is 5.38. The van der Waals surface area contributed by atoms with E-state index in [1.165, 1.54) is 0 Å². The van der Waals surface area contributed by atoms with Gasteiger partial charge < -0.3 is 18.9 Å². The fourth-order valence-electron chi connectivity index (χ4n) is 3.40. The number of halogens is 18. The molecule has 0 bridgehead atoms. The second-order valence-corrected chi connectivity index (χ2v) is 13.0. The van der Waals surface area contributed by atoms with Crippen molar-refractivity contribution in [2.45, 2.75) is 85.8 Å². The minimum atomic E-state index is -7.15. The van der Waals surface area contributed by atoms with E-state index in [0.717, 1.165) is 0 Å². The van der Waals surface area contributed by atoms with Crippen LogP contribution in [0.25, 0.3) is 0 Å². The molecule has 0 aliphatic rings. The average molecular weight is 899 g/mol. The standard InChI is InChI=1S/C28H28F18O8S2/c1-3-17(47)53-15(13-55-11-5-19(49)51-9-7-21(29,30)23(33,34)25(37,38)27(41,42)43)16(54-18(48)4-2)14-56-12-6-20(50)52-10-8-22(31,32)24(35,36)26(39,40)28(44,45)46/h3-4,15-16H,1-2,5-14H2. The largest absolute Gasteiger partial charge is 0.465 e. The van der Waals surface area contributed by atoms with E-state index >= 15 is 0 Å². The second-order valence-electron chi connectivity index (χ2n) is 10.7. The molecule has 8 nitrogen and oxygen atoms in total. The van der Waals surface area contributed by atoms with Crippen molar-refractivity contribution < 1.29 is 117 Å². The van der Waals surface area contributed by atoms with Gasteiger partial charge in [-0.3, -0.25) is 9.59 Å². The number of hydrogen-bond donors (Lipinski definition) is 0. The first-order valence-corrected chi connectivity index (χ1v) is 17.0. The highest BCUT2D eigenvalue weighted by Gasteiger charge is 2.82. The van der Waals surface area contributed by atoms with Crippen LogP contribution in [0.4, 0.5) is 79.0 Å². The zero-order chi connectivity index (χ0) is 44.2. The van der Waals surface area contributed by atoms with Gasteiger partial charge in [-0.15, -0.1) is 0 Å². The second kappa shape index (κ2) is 20.5. The first-order chi connectivity index (χ1) is 25.2. The van der Waals surface area contributed by atoms with Crippen LogP contribution < -0.4 is 0 Å². The summed E-state index contributed by atoms with van der Waals surface area (Å²) >= 11 is 1.37. The molecule has 0 rings (SSSR count). The van der Waals surface area contributed by atoms with Crippen LogP contribution >= 0.6 is 23.5 Å². The molecule has 0 spiro atoms. The van der Waals surface area contributed by atoms with Crippen LogP contribution in [-0.2, 0) is 38.1 Å². The first kappa shape index (κ1) is 52.8. The molecular formula is C28H28F18O8S2. The van der Waals surface area contributed by atoms with Gasteiger partial charge in [-0.1, -0.05) is 13.2 Å². The van der Waals surface area contributed by atoms with Crippen LogP contribution in [0.3, 0.4) is 0 Å². The first-order valence-electron chi connectivity index (χ1n) is 14.7. The monoisotopic (exact) mass is 898 g/mol. The van der Waals surface area contributed by atoms with Crippen molar-refractivity contribution in [3.63, 3.8) is 0 Å². The Kier molecular flexibility index (Phi) is 19.3. The van der Waals surface area contributed by atoms with Gasteiger partial charge in [0.25, 0.3) is 0 Å². The Morgan fingerprint density at radius 1 is 0.500 bits per heavy atom. The summed E-state index contributed by atoms with van der Waals surface area (Å²) in [6.45, 7) is 2.80. The predicted octanol–water partition coefficient (Wildman–Crippen LogP) is 8.23. The molecule has 0 aromatic carbocycles. The van der Waals surface area contributed by atoms with Crippen molar-refractivity contribution in [3.8, 4) is 0 Å². The highest BCUT2D eigenvalue weighted by Crippen LogP contribution is 2.55. The van der Waals surface area contributed by atoms with E-state index in [-0.39, 0.29) is 11.5 Å². The maximum absolute atomic E-state index is 13.6. The number of thioether (sulfide) groups is 2.